The number of rotatable bonds is 4. The maximum Gasteiger partial charge on any atom is 0.340 e. The summed E-state index contributed by atoms with van der Waals surface area (Å²) in [6, 6.07) is 10.9. The summed E-state index contributed by atoms with van der Waals surface area (Å²) in [4.78, 5) is 12.3. The van der Waals surface area contributed by atoms with E-state index in [0.717, 1.165) is 6.26 Å². The van der Waals surface area contributed by atoms with Gasteiger partial charge in [0, 0.05) is 16.8 Å². The first-order valence-corrected chi connectivity index (χ1v) is 9.30. The molecule has 0 aliphatic carbocycles. The van der Waals surface area contributed by atoms with Crippen LogP contribution in [0.4, 0.5) is 0 Å². The van der Waals surface area contributed by atoms with E-state index in [1.165, 1.54) is 18.2 Å². The highest BCUT2D eigenvalue weighted by atomic mass is 35.5. The molecule has 0 saturated heterocycles. The van der Waals surface area contributed by atoms with E-state index in [9.17, 15) is 13.2 Å². The third-order valence-corrected chi connectivity index (χ3v) is 5.00. The molecule has 2 aromatic rings. The lowest BCUT2D eigenvalue weighted by atomic mass is 10.1. The summed E-state index contributed by atoms with van der Waals surface area (Å²) < 4.78 is 28.5. The number of benzene rings is 2. The Morgan fingerprint density at radius 1 is 1.09 bits per heavy atom. The second kappa shape index (κ2) is 6.91. The van der Waals surface area contributed by atoms with Gasteiger partial charge in [-0.2, -0.15) is 0 Å². The molecular weight excluding hydrogens is 359 g/mol. The van der Waals surface area contributed by atoms with Crippen LogP contribution in [0.25, 0.3) is 0 Å². The summed E-state index contributed by atoms with van der Waals surface area (Å²) in [5, 5.41) is 0.595. The van der Waals surface area contributed by atoms with Gasteiger partial charge in [0.25, 0.3) is 0 Å². The molecule has 0 radical (unpaired) electrons. The molecule has 2 aromatic carbocycles. The lowest BCUT2D eigenvalue weighted by Crippen LogP contribution is -2.11. The van der Waals surface area contributed by atoms with Gasteiger partial charge in [-0.05, 0) is 31.2 Å². The molecular formula is C16H14Cl2O4S. The Hall–Kier alpha value is -1.56. The third kappa shape index (κ3) is 4.25. The van der Waals surface area contributed by atoms with Gasteiger partial charge in [0.05, 0.1) is 15.5 Å². The number of sulfone groups is 1. The summed E-state index contributed by atoms with van der Waals surface area (Å²) >= 11 is 12.0. The highest BCUT2D eigenvalue weighted by Gasteiger charge is 2.20. The highest BCUT2D eigenvalue weighted by molar-refractivity contribution is 7.90. The van der Waals surface area contributed by atoms with E-state index in [4.69, 9.17) is 27.9 Å². The first kappa shape index (κ1) is 17.8. The molecule has 0 aliphatic rings. The van der Waals surface area contributed by atoms with Crippen LogP contribution in [0.3, 0.4) is 0 Å². The molecule has 0 saturated carbocycles. The number of carbonyl (C=O) groups excluding carboxylic acids is 1. The standard InChI is InChI=1S/C16H14Cl2O4S/c1-10(12-5-3-4-6-14(12)17)22-16(19)13-9-11(23(2,20)21)7-8-15(13)18/h3-10H,1-2H3/t10-/m0/s1. The van der Waals surface area contributed by atoms with Crippen molar-refractivity contribution in [3.8, 4) is 0 Å². The van der Waals surface area contributed by atoms with Gasteiger partial charge in [0.2, 0.25) is 0 Å². The summed E-state index contributed by atoms with van der Waals surface area (Å²) in [6.45, 7) is 1.67. The molecule has 1 atom stereocenters. The number of esters is 1. The first-order valence-electron chi connectivity index (χ1n) is 6.65. The van der Waals surface area contributed by atoms with E-state index in [1.54, 1.807) is 31.2 Å². The normalized spacial score (nSPS) is 12.7. The Bertz CT molecular complexity index is 847. The van der Waals surface area contributed by atoms with Crippen molar-refractivity contribution in [1.82, 2.24) is 0 Å². The number of ether oxygens (including phenoxy) is 1. The van der Waals surface area contributed by atoms with Crippen molar-refractivity contribution < 1.29 is 17.9 Å². The van der Waals surface area contributed by atoms with Crippen LogP contribution in [0.5, 0.6) is 0 Å². The van der Waals surface area contributed by atoms with Crippen LogP contribution in [-0.4, -0.2) is 20.6 Å². The Morgan fingerprint density at radius 3 is 2.35 bits per heavy atom. The number of halogens is 2. The van der Waals surface area contributed by atoms with Gasteiger partial charge in [-0.3, -0.25) is 0 Å². The van der Waals surface area contributed by atoms with Crippen LogP contribution in [0.1, 0.15) is 28.9 Å². The fourth-order valence-corrected chi connectivity index (χ4v) is 3.12. The highest BCUT2D eigenvalue weighted by Crippen LogP contribution is 2.28. The molecule has 0 amide bonds. The fraction of sp³-hybridized carbons (Fsp3) is 0.188. The van der Waals surface area contributed by atoms with E-state index in [1.807, 2.05) is 0 Å². The molecule has 122 valence electrons. The Balaban J connectivity index is 2.29. The van der Waals surface area contributed by atoms with Gasteiger partial charge in [-0.1, -0.05) is 41.4 Å². The average molecular weight is 373 g/mol. The smallest absolute Gasteiger partial charge is 0.340 e. The minimum Gasteiger partial charge on any atom is -0.454 e. The third-order valence-electron chi connectivity index (χ3n) is 3.21. The van der Waals surface area contributed by atoms with Gasteiger partial charge >= 0.3 is 5.97 Å². The van der Waals surface area contributed by atoms with Gasteiger partial charge < -0.3 is 4.74 Å². The van der Waals surface area contributed by atoms with Crippen molar-refractivity contribution in [2.24, 2.45) is 0 Å². The number of hydrogen-bond acceptors (Lipinski definition) is 4. The molecule has 4 nitrogen and oxygen atoms in total. The van der Waals surface area contributed by atoms with Gasteiger partial charge in [0.15, 0.2) is 9.84 Å². The molecule has 0 heterocycles. The Labute approximate surface area is 144 Å². The second-order valence-electron chi connectivity index (χ2n) is 4.98. The zero-order valence-corrected chi connectivity index (χ0v) is 14.7. The molecule has 0 aliphatic heterocycles. The van der Waals surface area contributed by atoms with E-state index >= 15 is 0 Å². The molecule has 0 aromatic heterocycles. The van der Waals surface area contributed by atoms with E-state index in [2.05, 4.69) is 0 Å². The molecule has 0 fully saturated rings. The zero-order chi connectivity index (χ0) is 17.2. The minimum absolute atomic E-state index is 0.000698. The van der Waals surface area contributed by atoms with Crippen molar-refractivity contribution in [1.29, 1.82) is 0 Å². The van der Waals surface area contributed by atoms with Gasteiger partial charge in [-0.15, -0.1) is 0 Å². The van der Waals surface area contributed by atoms with Crippen molar-refractivity contribution in [3.05, 3.63) is 63.6 Å². The maximum atomic E-state index is 12.3. The van der Waals surface area contributed by atoms with Crippen LogP contribution in [0.15, 0.2) is 47.4 Å². The van der Waals surface area contributed by atoms with Crippen LogP contribution in [0.2, 0.25) is 10.0 Å². The molecule has 0 spiro atoms. The Morgan fingerprint density at radius 2 is 1.74 bits per heavy atom. The quantitative estimate of drug-likeness (QED) is 0.749. The second-order valence-corrected chi connectivity index (χ2v) is 7.81. The van der Waals surface area contributed by atoms with Crippen molar-refractivity contribution >= 4 is 39.0 Å². The summed E-state index contributed by atoms with van der Waals surface area (Å²) in [5.74, 6) is -0.715. The Kier molecular flexibility index (Phi) is 5.34. The summed E-state index contributed by atoms with van der Waals surface area (Å²) in [7, 11) is -3.45. The van der Waals surface area contributed by atoms with Gasteiger partial charge in [0.1, 0.15) is 6.10 Å². The first-order chi connectivity index (χ1) is 10.7. The van der Waals surface area contributed by atoms with Crippen molar-refractivity contribution in [2.75, 3.05) is 6.26 Å². The van der Waals surface area contributed by atoms with E-state index < -0.39 is 21.9 Å². The van der Waals surface area contributed by atoms with Crippen LogP contribution in [-0.2, 0) is 14.6 Å². The average Bonchev–Trinajstić information content (AvgIpc) is 2.46. The minimum atomic E-state index is -3.45. The number of carbonyl (C=O) groups is 1. The molecule has 2 rings (SSSR count). The van der Waals surface area contributed by atoms with Gasteiger partial charge in [-0.25, -0.2) is 13.2 Å². The van der Waals surface area contributed by atoms with E-state index in [0.29, 0.717) is 10.6 Å². The lowest BCUT2D eigenvalue weighted by Gasteiger charge is -2.15. The molecule has 23 heavy (non-hydrogen) atoms. The summed E-state index contributed by atoms with van der Waals surface area (Å²) in [5.41, 5.74) is 0.645. The predicted octanol–water partition coefficient (Wildman–Crippen LogP) is 4.31. The summed E-state index contributed by atoms with van der Waals surface area (Å²) in [6.07, 6.45) is 0.451. The zero-order valence-electron chi connectivity index (χ0n) is 12.4. The molecule has 7 heteroatoms. The topological polar surface area (TPSA) is 60.4 Å². The maximum absolute atomic E-state index is 12.3. The largest absolute Gasteiger partial charge is 0.454 e. The predicted molar refractivity (Wildman–Crippen MR) is 89.8 cm³/mol. The van der Waals surface area contributed by atoms with Crippen LogP contribution < -0.4 is 0 Å². The number of hydrogen-bond donors (Lipinski definition) is 0. The van der Waals surface area contributed by atoms with E-state index in [-0.39, 0.29) is 15.5 Å². The lowest BCUT2D eigenvalue weighted by molar-refractivity contribution is 0.0338. The molecule has 0 N–H and O–H groups in total. The van der Waals surface area contributed by atoms with Crippen molar-refractivity contribution in [3.63, 3.8) is 0 Å². The molecule has 0 bridgehead atoms. The van der Waals surface area contributed by atoms with Crippen LogP contribution >= 0.6 is 23.2 Å². The van der Waals surface area contributed by atoms with Crippen LogP contribution in [0, 0.1) is 0 Å². The fourth-order valence-electron chi connectivity index (χ4n) is 1.98. The molecule has 0 unspecified atom stereocenters. The monoisotopic (exact) mass is 372 g/mol. The SMILES string of the molecule is C[C@H](OC(=O)c1cc(S(C)(=O)=O)ccc1Cl)c1ccccc1Cl. The van der Waals surface area contributed by atoms with Crippen molar-refractivity contribution in [2.45, 2.75) is 17.9 Å².